The average Bonchev–Trinajstić information content (AvgIpc) is 3.22. The first-order valence-electron chi connectivity index (χ1n) is 7.94. The molecule has 2 N–H and O–H groups in total. The van der Waals surface area contributed by atoms with Crippen molar-refractivity contribution < 1.29 is 14.7 Å². The molecule has 23 heavy (non-hydrogen) atoms. The largest absolute Gasteiger partial charge is 0.481 e. The maximum Gasteiger partial charge on any atom is 0.311 e. The van der Waals surface area contributed by atoms with Crippen molar-refractivity contribution in [3.63, 3.8) is 0 Å². The highest BCUT2D eigenvalue weighted by Gasteiger charge is 2.50. The van der Waals surface area contributed by atoms with Gasteiger partial charge in [0.15, 0.2) is 0 Å². The third-order valence-electron chi connectivity index (χ3n) is 4.31. The second-order valence-electron chi connectivity index (χ2n) is 6.14. The number of nitrogens with zero attached hydrogens (tertiary/aromatic N) is 1. The number of hydrogen-bond acceptors (Lipinski definition) is 4. The Bertz CT molecular complexity index is 688. The molecule has 1 saturated carbocycles. The number of unbranched alkanes of at least 4 members (excludes halogenated alkanes) is 1. The zero-order chi connectivity index (χ0) is 16.3. The number of aromatic nitrogens is 1. The monoisotopic (exact) mass is 332 g/mol. The molecule has 1 aliphatic rings. The summed E-state index contributed by atoms with van der Waals surface area (Å²) < 4.78 is 1.20. The van der Waals surface area contributed by atoms with E-state index in [0.717, 1.165) is 29.8 Å². The molecule has 0 saturated heterocycles. The molecular formula is C17H20N2O3S. The first kappa shape index (κ1) is 15.9. The lowest BCUT2D eigenvalue weighted by Gasteiger charge is -2.10. The third kappa shape index (κ3) is 3.88. The number of fused-ring (bicyclic) bond motifs is 1. The molecule has 1 aliphatic carbocycles. The summed E-state index contributed by atoms with van der Waals surface area (Å²) in [5.74, 6) is -0.851. The van der Waals surface area contributed by atoms with E-state index >= 15 is 0 Å². The highest BCUT2D eigenvalue weighted by Crippen LogP contribution is 2.45. The summed E-state index contributed by atoms with van der Waals surface area (Å²) in [5, 5.41) is 12.9. The third-order valence-corrected chi connectivity index (χ3v) is 5.41. The predicted molar refractivity (Wildman–Crippen MR) is 89.5 cm³/mol. The normalized spacial score (nSPS) is 15.5. The molecular weight excluding hydrogens is 312 g/mol. The summed E-state index contributed by atoms with van der Waals surface area (Å²) in [6, 6.07) is 8.08. The quantitative estimate of drug-likeness (QED) is 0.728. The first-order valence-corrected chi connectivity index (χ1v) is 8.75. The van der Waals surface area contributed by atoms with Gasteiger partial charge in [-0.25, -0.2) is 4.98 Å². The minimum absolute atomic E-state index is 0.0539. The molecule has 0 bridgehead atoms. The van der Waals surface area contributed by atoms with E-state index in [1.165, 1.54) is 4.70 Å². The van der Waals surface area contributed by atoms with E-state index in [9.17, 15) is 9.59 Å². The number of carbonyl (C=O) groups excluding carboxylic acids is 1. The van der Waals surface area contributed by atoms with Gasteiger partial charge in [0.25, 0.3) is 0 Å². The van der Waals surface area contributed by atoms with Crippen molar-refractivity contribution in [1.29, 1.82) is 0 Å². The van der Waals surface area contributed by atoms with Gasteiger partial charge in [0.05, 0.1) is 20.6 Å². The Morgan fingerprint density at radius 3 is 2.74 bits per heavy atom. The number of carbonyl (C=O) groups is 2. The second-order valence-corrected chi connectivity index (χ2v) is 7.26. The molecule has 3 rings (SSSR count). The van der Waals surface area contributed by atoms with Crippen molar-refractivity contribution in [3.05, 3.63) is 29.3 Å². The van der Waals surface area contributed by atoms with E-state index in [0.29, 0.717) is 19.3 Å². The van der Waals surface area contributed by atoms with E-state index in [-0.39, 0.29) is 12.5 Å². The average molecular weight is 332 g/mol. The van der Waals surface area contributed by atoms with E-state index in [2.05, 4.69) is 16.4 Å². The number of para-hydroxylation sites is 1. The summed E-state index contributed by atoms with van der Waals surface area (Å²) >= 11 is 1.70. The van der Waals surface area contributed by atoms with Crippen LogP contribution in [-0.2, 0) is 16.0 Å². The minimum atomic E-state index is -0.798. The number of thiazole rings is 1. The van der Waals surface area contributed by atoms with Gasteiger partial charge in [-0.3, -0.25) is 9.59 Å². The zero-order valence-corrected chi connectivity index (χ0v) is 13.7. The van der Waals surface area contributed by atoms with Crippen LogP contribution in [-0.4, -0.2) is 28.5 Å². The Morgan fingerprint density at radius 1 is 1.26 bits per heavy atom. The van der Waals surface area contributed by atoms with E-state index in [1.54, 1.807) is 11.3 Å². The van der Waals surface area contributed by atoms with Gasteiger partial charge in [0, 0.05) is 13.0 Å². The zero-order valence-electron chi connectivity index (χ0n) is 12.9. The van der Waals surface area contributed by atoms with Crippen molar-refractivity contribution in [2.24, 2.45) is 5.41 Å². The van der Waals surface area contributed by atoms with Gasteiger partial charge in [-0.15, -0.1) is 11.3 Å². The van der Waals surface area contributed by atoms with Crippen LogP contribution in [0, 0.1) is 5.41 Å². The Balaban J connectivity index is 1.36. The lowest BCUT2D eigenvalue weighted by molar-refractivity contribution is -0.143. The second kappa shape index (κ2) is 6.66. The molecule has 122 valence electrons. The van der Waals surface area contributed by atoms with E-state index in [4.69, 9.17) is 5.11 Å². The lowest BCUT2D eigenvalue weighted by Crippen LogP contribution is -2.34. The van der Waals surface area contributed by atoms with Crippen molar-refractivity contribution >= 4 is 33.4 Å². The number of hydrogen-bond donors (Lipinski definition) is 2. The Labute approximate surface area is 138 Å². The molecule has 1 aromatic carbocycles. The van der Waals surface area contributed by atoms with Crippen LogP contribution in [0.15, 0.2) is 24.3 Å². The summed E-state index contributed by atoms with van der Waals surface area (Å²) in [7, 11) is 0. The molecule has 1 aromatic heterocycles. The topological polar surface area (TPSA) is 79.3 Å². The van der Waals surface area contributed by atoms with Crippen molar-refractivity contribution in [2.75, 3.05) is 6.54 Å². The SMILES string of the molecule is O=C(CCCCc1nc2ccccc2s1)NCC1(C(=O)O)CC1. The minimum Gasteiger partial charge on any atom is -0.481 e. The van der Waals surface area contributed by atoms with Gasteiger partial charge in [0.1, 0.15) is 0 Å². The maximum atomic E-state index is 11.8. The Hall–Kier alpha value is -1.95. The van der Waals surface area contributed by atoms with Crippen LogP contribution in [0.5, 0.6) is 0 Å². The summed E-state index contributed by atoms with van der Waals surface area (Å²) in [4.78, 5) is 27.4. The summed E-state index contributed by atoms with van der Waals surface area (Å²) in [6.45, 7) is 0.263. The number of amides is 1. The van der Waals surface area contributed by atoms with Gasteiger partial charge in [-0.05, 0) is 44.2 Å². The molecule has 6 heteroatoms. The summed E-state index contributed by atoms with van der Waals surface area (Å²) in [5.41, 5.74) is 0.352. The smallest absolute Gasteiger partial charge is 0.311 e. The van der Waals surface area contributed by atoms with Crippen LogP contribution >= 0.6 is 11.3 Å². The molecule has 2 aromatic rings. The van der Waals surface area contributed by atoms with Crippen molar-refractivity contribution in [1.82, 2.24) is 10.3 Å². The van der Waals surface area contributed by atoms with E-state index < -0.39 is 11.4 Å². The van der Waals surface area contributed by atoms with Crippen LogP contribution in [0.4, 0.5) is 0 Å². The molecule has 1 heterocycles. The number of rotatable bonds is 8. The molecule has 1 amide bonds. The maximum absolute atomic E-state index is 11.8. The molecule has 0 spiro atoms. The molecule has 1 fully saturated rings. The number of aryl methyl sites for hydroxylation is 1. The van der Waals surface area contributed by atoms with Crippen LogP contribution < -0.4 is 5.32 Å². The highest BCUT2D eigenvalue weighted by atomic mass is 32.1. The fourth-order valence-electron chi connectivity index (χ4n) is 2.56. The number of nitrogens with one attached hydrogen (secondary N) is 1. The fourth-order valence-corrected chi connectivity index (χ4v) is 3.57. The van der Waals surface area contributed by atoms with Crippen molar-refractivity contribution in [3.8, 4) is 0 Å². The fraction of sp³-hybridized carbons (Fsp3) is 0.471. The lowest BCUT2D eigenvalue weighted by atomic mass is 10.1. The first-order chi connectivity index (χ1) is 11.1. The Kier molecular flexibility index (Phi) is 4.61. The van der Waals surface area contributed by atoms with Crippen molar-refractivity contribution in [2.45, 2.75) is 38.5 Å². The molecule has 0 atom stereocenters. The number of carboxylic acid groups (broad SMARTS) is 1. The summed E-state index contributed by atoms with van der Waals surface area (Å²) in [6.07, 6.45) is 4.37. The number of carboxylic acids is 1. The van der Waals surface area contributed by atoms with Crippen LogP contribution in [0.2, 0.25) is 0 Å². The van der Waals surface area contributed by atoms with Gasteiger partial charge in [-0.1, -0.05) is 12.1 Å². The molecule has 0 unspecified atom stereocenters. The molecule has 0 aliphatic heterocycles. The predicted octanol–water partition coefficient (Wildman–Crippen LogP) is 2.99. The van der Waals surface area contributed by atoms with E-state index in [1.807, 2.05) is 18.2 Å². The highest BCUT2D eigenvalue weighted by molar-refractivity contribution is 7.18. The number of aliphatic carboxylic acids is 1. The molecule has 0 radical (unpaired) electrons. The van der Waals surface area contributed by atoms with Gasteiger partial charge < -0.3 is 10.4 Å². The van der Waals surface area contributed by atoms with Gasteiger partial charge in [0.2, 0.25) is 5.91 Å². The molecule has 5 nitrogen and oxygen atoms in total. The van der Waals surface area contributed by atoms with Gasteiger partial charge >= 0.3 is 5.97 Å². The number of benzene rings is 1. The Morgan fingerprint density at radius 2 is 2.04 bits per heavy atom. The standard InChI is InChI=1S/C17H20N2O3S/c20-14(18-11-17(9-10-17)16(21)22)7-3-4-8-15-19-12-5-1-2-6-13(12)23-15/h1-2,5-6H,3-4,7-11H2,(H,18,20)(H,21,22). The van der Waals surface area contributed by atoms with Crippen LogP contribution in [0.25, 0.3) is 10.2 Å². The van der Waals surface area contributed by atoms with Crippen LogP contribution in [0.1, 0.15) is 37.1 Å². The van der Waals surface area contributed by atoms with Crippen LogP contribution in [0.3, 0.4) is 0 Å². The van der Waals surface area contributed by atoms with Gasteiger partial charge in [-0.2, -0.15) is 0 Å².